The molecular formula is C25H16N4O3S2. The topological polar surface area (TPSA) is 88.3 Å². The molecule has 3 aromatic heterocycles. The number of fused-ring (bicyclic) bond motifs is 1. The van der Waals surface area contributed by atoms with Crippen LogP contribution < -0.4 is 4.90 Å². The molecule has 0 aliphatic carbocycles. The first-order chi connectivity index (χ1) is 16.6. The van der Waals surface area contributed by atoms with Crippen LogP contribution in [0.15, 0.2) is 83.7 Å². The van der Waals surface area contributed by atoms with Crippen LogP contribution >= 0.6 is 22.7 Å². The number of benzene rings is 2. The molecule has 4 heterocycles. The Kier molecular flexibility index (Phi) is 4.86. The highest BCUT2D eigenvalue weighted by Crippen LogP contribution is 2.45. The van der Waals surface area contributed by atoms with Crippen LogP contribution in [0.25, 0.3) is 5.69 Å². The highest BCUT2D eigenvalue weighted by Gasteiger charge is 2.47. The average molecular weight is 485 g/mol. The number of phenolic OH excluding ortho intramolecular Hbond substituents is 1. The third-order valence-electron chi connectivity index (χ3n) is 5.65. The van der Waals surface area contributed by atoms with Gasteiger partial charge >= 0.3 is 0 Å². The summed E-state index contributed by atoms with van der Waals surface area (Å²) in [5, 5.41) is 19.0. The lowest BCUT2D eigenvalue weighted by Gasteiger charge is -2.24. The Morgan fingerprint density at radius 1 is 0.971 bits per heavy atom. The number of hydrogen-bond acceptors (Lipinski definition) is 7. The molecule has 1 N–H and O–H groups in total. The van der Waals surface area contributed by atoms with Crippen molar-refractivity contribution in [1.29, 1.82) is 0 Å². The van der Waals surface area contributed by atoms with E-state index < -0.39 is 6.04 Å². The molecule has 1 unspecified atom stereocenters. The molecule has 1 atom stereocenters. The zero-order chi connectivity index (χ0) is 23.2. The van der Waals surface area contributed by atoms with Gasteiger partial charge in [-0.3, -0.25) is 14.5 Å². The van der Waals surface area contributed by atoms with Gasteiger partial charge in [0.2, 0.25) is 5.78 Å². The molecule has 5 aromatic rings. The minimum absolute atomic E-state index is 0.0686. The van der Waals surface area contributed by atoms with Crippen molar-refractivity contribution >= 4 is 39.5 Å². The number of thiazole rings is 1. The summed E-state index contributed by atoms with van der Waals surface area (Å²) in [5.74, 6) is -0.487. The Bertz CT molecular complexity index is 1510. The van der Waals surface area contributed by atoms with E-state index in [1.807, 2.05) is 47.8 Å². The van der Waals surface area contributed by atoms with Crippen molar-refractivity contribution in [3.05, 3.63) is 111 Å². The van der Waals surface area contributed by atoms with Crippen molar-refractivity contribution in [3.63, 3.8) is 0 Å². The second-order valence-electron chi connectivity index (χ2n) is 7.65. The summed E-state index contributed by atoms with van der Waals surface area (Å²) < 4.78 is 1.56. The summed E-state index contributed by atoms with van der Waals surface area (Å²) in [4.78, 5) is 34.0. The van der Waals surface area contributed by atoms with Gasteiger partial charge in [-0.05, 0) is 41.3 Å². The third-order valence-corrected chi connectivity index (χ3v) is 7.29. The Hall–Kier alpha value is -4.08. The monoisotopic (exact) mass is 484 g/mol. The number of amides is 1. The largest absolute Gasteiger partial charge is 0.508 e. The molecule has 1 aliphatic rings. The van der Waals surface area contributed by atoms with Crippen LogP contribution in [0.3, 0.4) is 0 Å². The highest BCUT2D eigenvalue weighted by molar-refractivity contribution is 7.14. The number of rotatable bonds is 5. The van der Waals surface area contributed by atoms with Gasteiger partial charge in [0, 0.05) is 17.1 Å². The van der Waals surface area contributed by atoms with Crippen molar-refractivity contribution in [2.45, 2.75) is 6.04 Å². The average Bonchev–Trinajstić information content (AvgIpc) is 3.64. The van der Waals surface area contributed by atoms with Crippen LogP contribution in [0.4, 0.5) is 5.13 Å². The molecule has 0 spiro atoms. The molecule has 7 nitrogen and oxygen atoms in total. The number of thiophene rings is 1. The minimum Gasteiger partial charge on any atom is -0.508 e. The van der Waals surface area contributed by atoms with Gasteiger partial charge in [-0.1, -0.05) is 36.4 Å². The van der Waals surface area contributed by atoms with E-state index in [4.69, 9.17) is 0 Å². The SMILES string of the molecule is O=C(c1cccs1)c1c2c(nn1-c1ccccc1)C(=O)N(c1nccs1)C2c1cccc(O)c1. The summed E-state index contributed by atoms with van der Waals surface area (Å²) in [6.45, 7) is 0. The fraction of sp³-hybridized carbons (Fsp3) is 0.0400. The maximum absolute atomic E-state index is 13.8. The molecule has 0 saturated carbocycles. The summed E-state index contributed by atoms with van der Waals surface area (Å²) >= 11 is 2.67. The smallest absolute Gasteiger partial charge is 0.281 e. The van der Waals surface area contributed by atoms with Gasteiger partial charge in [-0.2, -0.15) is 5.10 Å². The zero-order valence-electron chi connectivity index (χ0n) is 17.5. The van der Waals surface area contributed by atoms with Gasteiger partial charge < -0.3 is 5.11 Å². The van der Waals surface area contributed by atoms with E-state index in [0.717, 1.165) is 0 Å². The summed E-state index contributed by atoms with van der Waals surface area (Å²) in [7, 11) is 0. The quantitative estimate of drug-likeness (QED) is 0.352. The molecule has 0 fully saturated rings. The van der Waals surface area contributed by atoms with Crippen molar-refractivity contribution in [2.75, 3.05) is 4.90 Å². The van der Waals surface area contributed by atoms with Crippen LogP contribution in [0.5, 0.6) is 5.75 Å². The lowest BCUT2D eigenvalue weighted by molar-refractivity contribution is 0.0984. The summed E-state index contributed by atoms with van der Waals surface area (Å²) in [6.07, 6.45) is 1.63. The van der Waals surface area contributed by atoms with E-state index in [-0.39, 0.29) is 23.1 Å². The van der Waals surface area contributed by atoms with Crippen molar-refractivity contribution in [2.24, 2.45) is 0 Å². The molecule has 166 valence electrons. The first-order valence-electron chi connectivity index (χ1n) is 10.4. The standard InChI is InChI=1S/C25H16N4O3S2/c30-17-9-4-6-15(14-17)21-19-20(24(32)28(21)25-26-11-13-34-25)27-29(16-7-2-1-3-8-16)22(19)23(31)18-10-5-12-33-18/h1-14,21,30H. The number of para-hydroxylation sites is 1. The van der Waals surface area contributed by atoms with Gasteiger partial charge in [0.05, 0.1) is 16.6 Å². The third kappa shape index (κ3) is 3.17. The van der Waals surface area contributed by atoms with Crippen LogP contribution in [-0.4, -0.2) is 31.6 Å². The fourth-order valence-corrected chi connectivity index (χ4v) is 5.58. The van der Waals surface area contributed by atoms with E-state index in [1.165, 1.54) is 22.7 Å². The van der Waals surface area contributed by atoms with E-state index in [9.17, 15) is 14.7 Å². The number of carbonyl (C=O) groups is 2. The number of hydrogen-bond donors (Lipinski definition) is 1. The first-order valence-corrected chi connectivity index (χ1v) is 12.2. The van der Waals surface area contributed by atoms with Crippen LogP contribution in [0, 0.1) is 0 Å². The van der Waals surface area contributed by atoms with Crippen LogP contribution in [-0.2, 0) is 0 Å². The van der Waals surface area contributed by atoms with Crippen molar-refractivity contribution in [1.82, 2.24) is 14.8 Å². The molecular weight excluding hydrogens is 468 g/mol. The number of phenols is 1. The molecule has 34 heavy (non-hydrogen) atoms. The number of nitrogens with zero attached hydrogens (tertiary/aromatic N) is 4. The predicted molar refractivity (Wildman–Crippen MR) is 130 cm³/mol. The summed E-state index contributed by atoms with van der Waals surface area (Å²) in [6, 6.07) is 18.9. The second-order valence-corrected chi connectivity index (χ2v) is 9.47. The molecule has 6 rings (SSSR count). The van der Waals surface area contributed by atoms with E-state index in [1.54, 1.807) is 45.4 Å². The maximum Gasteiger partial charge on any atom is 0.281 e. The fourth-order valence-electron chi connectivity index (χ4n) is 4.25. The second kappa shape index (κ2) is 8.05. The van der Waals surface area contributed by atoms with E-state index in [2.05, 4.69) is 10.1 Å². The normalized spacial score (nSPS) is 15.0. The predicted octanol–water partition coefficient (Wildman–Crippen LogP) is 5.08. The summed E-state index contributed by atoms with van der Waals surface area (Å²) in [5.41, 5.74) is 2.37. The van der Waals surface area contributed by atoms with Gasteiger partial charge in [-0.15, -0.1) is 22.7 Å². The Morgan fingerprint density at radius 2 is 1.82 bits per heavy atom. The van der Waals surface area contributed by atoms with Crippen molar-refractivity contribution in [3.8, 4) is 11.4 Å². The Balaban J connectivity index is 1.65. The van der Waals surface area contributed by atoms with Gasteiger partial charge in [0.15, 0.2) is 10.8 Å². The molecule has 0 radical (unpaired) electrons. The molecule has 9 heteroatoms. The Labute approximate surface area is 202 Å². The maximum atomic E-state index is 13.8. The zero-order valence-corrected chi connectivity index (χ0v) is 19.2. The minimum atomic E-state index is -0.669. The molecule has 1 amide bonds. The lowest BCUT2D eigenvalue weighted by Crippen LogP contribution is -2.30. The van der Waals surface area contributed by atoms with Gasteiger partial charge in [0.1, 0.15) is 11.4 Å². The van der Waals surface area contributed by atoms with Crippen LogP contribution in [0.1, 0.15) is 43.0 Å². The number of aromatic nitrogens is 3. The van der Waals surface area contributed by atoms with Gasteiger partial charge in [-0.25, -0.2) is 9.67 Å². The highest BCUT2D eigenvalue weighted by atomic mass is 32.1. The molecule has 1 aliphatic heterocycles. The number of carbonyl (C=O) groups excluding carboxylic acids is 2. The van der Waals surface area contributed by atoms with E-state index in [0.29, 0.717) is 32.5 Å². The number of anilines is 1. The first kappa shape index (κ1) is 20.5. The van der Waals surface area contributed by atoms with Crippen molar-refractivity contribution < 1.29 is 14.7 Å². The number of ketones is 1. The molecule has 0 saturated heterocycles. The molecule has 2 aromatic carbocycles. The lowest BCUT2D eigenvalue weighted by atomic mass is 9.97. The Morgan fingerprint density at radius 3 is 2.53 bits per heavy atom. The molecule has 0 bridgehead atoms. The van der Waals surface area contributed by atoms with Gasteiger partial charge in [0.25, 0.3) is 5.91 Å². The van der Waals surface area contributed by atoms with E-state index >= 15 is 0 Å². The number of aromatic hydroxyl groups is 1. The van der Waals surface area contributed by atoms with Crippen LogP contribution in [0.2, 0.25) is 0 Å².